The Morgan fingerprint density at radius 3 is 2.83 bits per heavy atom. The highest BCUT2D eigenvalue weighted by Crippen LogP contribution is 2.15. The summed E-state index contributed by atoms with van der Waals surface area (Å²) >= 11 is 0. The summed E-state index contributed by atoms with van der Waals surface area (Å²) in [6, 6.07) is 5.22. The smallest absolute Gasteiger partial charge is 0.152 e. The van der Waals surface area contributed by atoms with E-state index in [1.165, 1.54) is 0 Å². The Balaban J connectivity index is 3.04. The fraction of sp³-hybridized carbons (Fsp3) is 0.222. The average molecular weight is 165 g/mol. The largest absolute Gasteiger partial charge is 0.398 e. The van der Waals surface area contributed by atoms with E-state index in [1.807, 2.05) is 0 Å². The van der Waals surface area contributed by atoms with Crippen LogP contribution in [0.1, 0.15) is 15.9 Å². The van der Waals surface area contributed by atoms with Gasteiger partial charge in [0.15, 0.2) is 6.29 Å². The second-order valence-corrected chi connectivity index (χ2v) is 2.51. The molecule has 0 atom stereocenters. The highest BCUT2D eigenvalue weighted by Gasteiger charge is 2.02. The van der Waals surface area contributed by atoms with Crippen molar-refractivity contribution in [2.45, 2.75) is 6.42 Å². The van der Waals surface area contributed by atoms with Crippen LogP contribution in [-0.4, -0.2) is 18.0 Å². The number of benzene rings is 1. The lowest BCUT2D eigenvalue weighted by atomic mass is 10.1. The van der Waals surface area contributed by atoms with E-state index in [4.69, 9.17) is 10.8 Å². The van der Waals surface area contributed by atoms with Gasteiger partial charge in [-0.05, 0) is 18.1 Å². The first-order valence-electron chi connectivity index (χ1n) is 3.73. The topological polar surface area (TPSA) is 63.3 Å². The van der Waals surface area contributed by atoms with Gasteiger partial charge in [0.1, 0.15) is 0 Å². The summed E-state index contributed by atoms with van der Waals surface area (Å²) in [6.45, 7) is 0.0481. The van der Waals surface area contributed by atoms with Crippen molar-refractivity contribution in [2.75, 3.05) is 12.3 Å². The van der Waals surface area contributed by atoms with Crippen LogP contribution in [0.5, 0.6) is 0 Å². The molecule has 1 aromatic carbocycles. The number of aldehydes is 1. The lowest BCUT2D eigenvalue weighted by Crippen LogP contribution is -2.00. The summed E-state index contributed by atoms with van der Waals surface area (Å²) in [6.07, 6.45) is 1.21. The van der Waals surface area contributed by atoms with Crippen LogP contribution in [0.2, 0.25) is 0 Å². The monoisotopic (exact) mass is 165 g/mol. The predicted molar refractivity (Wildman–Crippen MR) is 47.0 cm³/mol. The van der Waals surface area contributed by atoms with Gasteiger partial charge < -0.3 is 10.8 Å². The lowest BCUT2D eigenvalue weighted by molar-refractivity contribution is 0.112. The molecule has 0 radical (unpaired) electrons. The summed E-state index contributed by atoms with van der Waals surface area (Å²) in [5, 5.41) is 8.66. The van der Waals surface area contributed by atoms with Crippen LogP contribution < -0.4 is 5.73 Å². The normalized spacial score (nSPS) is 9.75. The molecule has 12 heavy (non-hydrogen) atoms. The maximum atomic E-state index is 10.4. The first-order chi connectivity index (χ1) is 5.79. The van der Waals surface area contributed by atoms with Gasteiger partial charge in [0.05, 0.1) is 0 Å². The molecule has 0 amide bonds. The van der Waals surface area contributed by atoms with E-state index in [0.717, 1.165) is 11.8 Å². The van der Waals surface area contributed by atoms with E-state index < -0.39 is 0 Å². The van der Waals surface area contributed by atoms with Gasteiger partial charge >= 0.3 is 0 Å². The summed E-state index contributed by atoms with van der Waals surface area (Å²) in [7, 11) is 0. The van der Waals surface area contributed by atoms with Crippen molar-refractivity contribution in [3.05, 3.63) is 29.3 Å². The van der Waals surface area contributed by atoms with Gasteiger partial charge in [-0.25, -0.2) is 0 Å². The quantitative estimate of drug-likeness (QED) is 0.509. The van der Waals surface area contributed by atoms with Crippen molar-refractivity contribution in [3.8, 4) is 0 Å². The molecule has 0 unspecified atom stereocenters. The minimum absolute atomic E-state index is 0.0481. The second kappa shape index (κ2) is 3.88. The van der Waals surface area contributed by atoms with E-state index >= 15 is 0 Å². The number of anilines is 1. The third kappa shape index (κ3) is 1.62. The van der Waals surface area contributed by atoms with Crippen LogP contribution >= 0.6 is 0 Å². The average Bonchev–Trinajstić information content (AvgIpc) is 2.09. The zero-order valence-corrected chi connectivity index (χ0v) is 6.66. The number of hydrogen-bond acceptors (Lipinski definition) is 3. The molecule has 3 nitrogen and oxygen atoms in total. The van der Waals surface area contributed by atoms with E-state index in [-0.39, 0.29) is 6.61 Å². The molecule has 0 heterocycles. The second-order valence-electron chi connectivity index (χ2n) is 2.51. The number of hydrogen-bond donors (Lipinski definition) is 2. The first kappa shape index (κ1) is 8.74. The molecule has 0 saturated carbocycles. The Kier molecular flexibility index (Phi) is 2.82. The first-order valence-corrected chi connectivity index (χ1v) is 3.73. The van der Waals surface area contributed by atoms with Crippen LogP contribution in [0, 0.1) is 0 Å². The van der Waals surface area contributed by atoms with Gasteiger partial charge in [-0.15, -0.1) is 0 Å². The highest BCUT2D eigenvalue weighted by molar-refractivity contribution is 5.84. The van der Waals surface area contributed by atoms with Gasteiger partial charge in [0, 0.05) is 17.9 Å². The Morgan fingerprint density at radius 1 is 1.50 bits per heavy atom. The highest BCUT2D eigenvalue weighted by atomic mass is 16.2. The van der Waals surface area contributed by atoms with Gasteiger partial charge in [-0.1, -0.05) is 12.1 Å². The number of carbonyl (C=O) groups is 1. The molecule has 0 saturated heterocycles. The summed E-state index contributed by atoms with van der Waals surface area (Å²) in [5.74, 6) is 0. The molecule has 1 rings (SSSR count). The molecule has 3 heteroatoms. The fourth-order valence-electron chi connectivity index (χ4n) is 1.07. The van der Waals surface area contributed by atoms with E-state index in [1.54, 1.807) is 18.2 Å². The molecule has 0 aliphatic rings. The Hall–Kier alpha value is -1.35. The molecular weight excluding hydrogens is 154 g/mol. The Bertz CT molecular complexity index is 284. The lowest BCUT2D eigenvalue weighted by Gasteiger charge is -2.04. The summed E-state index contributed by atoms with van der Waals surface area (Å²) in [5.41, 5.74) is 7.42. The van der Waals surface area contributed by atoms with Crippen LogP contribution in [0.3, 0.4) is 0 Å². The van der Waals surface area contributed by atoms with Gasteiger partial charge in [0.25, 0.3) is 0 Å². The number of carbonyl (C=O) groups excluding carboxylic acids is 1. The minimum atomic E-state index is 0.0481. The molecule has 0 aromatic heterocycles. The minimum Gasteiger partial charge on any atom is -0.398 e. The summed E-state index contributed by atoms with van der Waals surface area (Å²) in [4.78, 5) is 10.4. The maximum absolute atomic E-state index is 10.4. The third-order valence-electron chi connectivity index (χ3n) is 1.74. The Morgan fingerprint density at radius 2 is 2.25 bits per heavy atom. The van der Waals surface area contributed by atoms with Crippen LogP contribution in [0.25, 0.3) is 0 Å². The van der Waals surface area contributed by atoms with Crippen molar-refractivity contribution in [1.82, 2.24) is 0 Å². The zero-order chi connectivity index (χ0) is 8.97. The molecule has 3 N–H and O–H groups in total. The number of aliphatic hydroxyl groups is 1. The van der Waals surface area contributed by atoms with E-state index in [2.05, 4.69) is 0 Å². The van der Waals surface area contributed by atoms with Crippen molar-refractivity contribution in [3.63, 3.8) is 0 Å². The van der Waals surface area contributed by atoms with Crippen LogP contribution in [0.4, 0.5) is 5.69 Å². The van der Waals surface area contributed by atoms with Crippen LogP contribution in [-0.2, 0) is 6.42 Å². The number of nitrogen functional groups attached to an aromatic ring is 1. The molecular formula is C9H11NO2. The molecule has 0 fully saturated rings. The van der Waals surface area contributed by atoms with Gasteiger partial charge in [-0.2, -0.15) is 0 Å². The standard InChI is InChI=1S/C9H11NO2/c10-9-7(4-5-11)2-1-3-8(9)6-12/h1-3,6,11H,4-5,10H2. The fourth-order valence-corrected chi connectivity index (χ4v) is 1.07. The maximum Gasteiger partial charge on any atom is 0.152 e. The van der Waals surface area contributed by atoms with Gasteiger partial charge in [0.2, 0.25) is 0 Å². The molecule has 0 aliphatic heterocycles. The Labute approximate surface area is 70.8 Å². The molecule has 0 spiro atoms. The van der Waals surface area contributed by atoms with Crippen molar-refractivity contribution in [1.29, 1.82) is 0 Å². The van der Waals surface area contributed by atoms with E-state index in [0.29, 0.717) is 17.7 Å². The van der Waals surface area contributed by atoms with Crippen molar-refractivity contribution < 1.29 is 9.90 Å². The molecule has 1 aromatic rings. The van der Waals surface area contributed by atoms with Gasteiger partial charge in [-0.3, -0.25) is 4.79 Å². The number of rotatable bonds is 3. The number of aliphatic hydroxyl groups excluding tert-OH is 1. The molecule has 0 bridgehead atoms. The third-order valence-corrected chi connectivity index (χ3v) is 1.74. The predicted octanol–water partition coefficient (Wildman–Crippen LogP) is 0.616. The number of para-hydroxylation sites is 1. The molecule has 0 aliphatic carbocycles. The zero-order valence-electron chi connectivity index (χ0n) is 6.66. The van der Waals surface area contributed by atoms with Crippen molar-refractivity contribution in [2.24, 2.45) is 0 Å². The van der Waals surface area contributed by atoms with Crippen LogP contribution in [0.15, 0.2) is 18.2 Å². The SMILES string of the molecule is Nc1c(C=O)cccc1CCO. The molecule has 64 valence electrons. The number of nitrogens with two attached hydrogens (primary N) is 1. The van der Waals surface area contributed by atoms with Crippen molar-refractivity contribution >= 4 is 12.0 Å². The summed E-state index contributed by atoms with van der Waals surface area (Å²) < 4.78 is 0. The van der Waals surface area contributed by atoms with E-state index in [9.17, 15) is 4.79 Å².